The van der Waals surface area contributed by atoms with Gasteiger partial charge in [0.1, 0.15) is 5.75 Å². The van der Waals surface area contributed by atoms with Crippen molar-refractivity contribution < 1.29 is 23.4 Å². The Labute approximate surface area is 137 Å². The van der Waals surface area contributed by atoms with E-state index in [1.807, 2.05) is 6.07 Å². The molecule has 0 bridgehead atoms. The van der Waals surface area contributed by atoms with E-state index in [2.05, 4.69) is 10.1 Å². The minimum atomic E-state index is -2.95. The predicted octanol–water partition coefficient (Wildman–Crippen LogP) is 2.62. The van der Waals surface area contributed by atoms with Crippen LogP contribution in [0.1, 0.15) is 27.6 Å². The van der Waals surface area contributed by atoms with Crippen molar-refractivity contribution >= 4 is 5.91 Å². The quantitative estimate of drug-likeness (QED) is 0.852. The van der Waals surface area contributed by atoms with E-state index in [-0.39, 0.29) is 17.9 Å². The van der Waals surface area contributed by atoms with Crippen molar-refractivity contribution in [1.82, 2.24) is 5.32 Å². The Morgan fingerprint density at radius 3 is 2.71 bits per heavy atom. The first kappa shape index (κ1) is 17.4. The van der Waals surface area contributed by atoms with E-state index < -0.39 is 18.6 Å². The van der Waals surface area contributed by atoms with Crippen molar-refractivity contribution in [3.05, 3.63) is 65.2 Å². The van der Waals surface area contributed by atoms with E-state index in [9.17, 15) is 18.7 Å². The minimum absolute atomic E-state index is 0.0744. The highest BCUT2D eigenvalue weighted by Crippen LogP contribution is 2.20. The molecule has 0 saturated carbocycles. The van der Waals surface area contributed by atoms with E-state index in [0.717, 1.165) is 0 Å². The molecule has 7 heteroatoms. The number of rotatable bonds is 6. The van der Waals surface area contributed by atoms with Crippen LogP contribution in [-0.2, 0) is 0 Å². The van der Waals surface area contributed by atoms with Crippen LogP contribution in [0.4, 0.5) is 8.78 Å². The van der Waals surface area contributed by atoms with Crippen LogP contribution in [0, 0.1) is 11.3 Å². The Bertz CT molecular complexity index is 759. The molecule has 5 nitrogen and oxygen atoms in total. The van der Waals surface area contributed by atoms with Gasteiger partial charge in [0, 0.05) is 12.1 Å². The van der Waals surface area contributed by atoms with Gasteiger partial charge in [-0.1, -0.05) is 18.2 Å². The molecular weight excluding hydrogens is 318 g/mol. The Morgan fingerprint density at radius 2 is 2.00 bits per heavy atom. The number of carbonyl (C=O) groups excluding carboxylic acids is 1. The highest BCUT2D eigenvalue weighted by Gasteiger charge is 2.13. The van der Waals surface area contributed by atoms with Crippen LogP contribution >= 0.6 is 0 Å². The molecule has 2 aromatic carbocycles. The third-order valence-electron chi connectivity index (χ3n) is 3.18. The zero-order valence-electron chi connectivity index (χ0n) is 12.4. The second-order valence-corrected chi connectivity index (χ2v) is 4.87. The Morgan fingerprint density at radius 1 is 1.25 bits per heavy atom. The van der Waals surface area contributed by atoms with Crippen LogP contribution in [0.3, 0.4) is 0 Å². The topological polar surface area (TPSA) is 82.4 Å². The van der Waals surface area contributed by atoms with Gasteiger partial charge >= 0.3 is 6.61 Å². The minimum Gasteiger partial charge on any atom is -0.435 e. The summed E-state index contributed by atoms with van der Waals surface area (Å²) in [7, 11) is 0. The highest BCUT2D eigenvalue weighted by atomic mass is 19.3. The third kappa shape index (κ3) is 4.76. The third-order valence-corrected chi connectivity index (χ3v) is 3.18. The summed E-state index contributed by atoms with van der Waals surface area (Å²) in [5.41, 5.74) is 0.968. The van der Waals surface area contributed by atoms with E-state index in [1.54, 1.807) is 18.2 Å². The van der Waals surface area contributed by atoms with E-state index >= 15 is 0 Å². The number of ether oxygens (including phenoxy) is 1. The SMILES string of the molecule is N#Cc1cccc(C(=O)NCC(O)c2cccc(OC(F)F)c2)c1. The smallest absolute Gasteiger partial charge is 0.387 e. The monoisotopic (exact) mass is 332 g/mol. The number of carbonyl (C=O) groups is 1. The molecule has 0 fully saturated rings. The van der Waals surface area contributed by atoms with Crippen molar-refractivity contribution in [3.63, 3.8) is 0 Å². The summed E-state index contributed by atoms with van der Waals surface area (Å²) in [6.45, 7) is -3.07. The average Bonchev–Trinajstić information content (AvgIpc) is 2.59. The van der Waals surface area contributed by atoms with Crippen molar-refractivity contribution in [1.29, 1.82) is 5.26 Å². The normalized spacial score (nSPS) is 11.6. The zero-order chi connectivity index (χ0) is 17.5. The molecule has 0 heterocycles. The molecule has 0 radical (unpaired) electrons. The largest absolute Gasteiger partial charge is 0.435 e. The van der Waals surface area contributed by atoms with Gasteiger partial charge in [0.05, 0.1) is 17.7 Å². The molecule has 1 amide bonds. The van der Waals surface area contributed by atoms with Gasteiger partial charge in [0.15, 0.2) is 0 Å². The van der Waals surface area contributed by atoms with Crippen LogP contribution in [0.15, 0.2) is 48.5 Å². The fourth-order valence-electron chi connectivity index (χ4n) is 2.04. The summed E-state index contributed by atoms with van der Waals surface area (Å²) in [5, 5.41) is 21.4. The number of alkyl halides is 2. The highest BCUT2D eigenvalue weighted by molar-refractivity contribution is 5.94. The number of nitriles is 1. The van der Waals surface area contributed by atoms with Gasteiger partial charge in [-0.25, -0.2) is 0 Å². The van der Waals surface area contributed by atoms with E-state index in [0.29, 0.717) is 11.1 Å². The van der Waals surface area contributed by atoms with Crippen molar-refractivity contribution in [2.24, 2.45) is 0 Å². The number of benzene rings is 2. The second kappa shape index (κ2) is 8.04. The van der Waals surface area contributed by atoms with Crippen molar-refractivity contribution in [2.45, 2.75) is 12.7 Å². The summed E-state index contributed by atoms with van der Waals surface area (Å²) in [4.78, 5) is 12.0. The standard InChI is InChI=1S/C17H14F2N2O3/c18-17(19)24-14-6-2-4-12(8-14)15(22)10-21-16(23)13-5-1-3-11(7-13)9-20/h1-8,15,17,22H,10H2,(H,21,23). The van der Waals surface area contributed by atoms with Crippen LogP contribution in [0.2, 0.25) is 0 Å². The van der Waals surface area contributed by atoms with Crippen molar-refractivity contribution in [3.8, 4) is 11.8 Å². The number of hydrogen-bond acceptors (Lipinski definition) is 4. The van der Waals surface area contributed by atoms with Crippen LogP contribution in [0.25, 0.3) is 0 Å². The maximum Gasteiger partial charge on any atom is 0.387 e. The fourth-order valence-corrected chi connectivity index (χ4v) is 2.04. The number of nitrogens with one attached hydrogen (secondary N) is 1. The van der Waals surface area contributed by atoms with Gasteiger partial charge < -0.3 is 15.2 Å². The molecule has 0 aliphatic carbocycles. The van der Waals surface area contributed by atoms with Crippen LogP contribution in [0.5, 0.6) is 5.75 Å². The van der Waals surface area contributed by atoms with Crippen molar-refractivity contribution in [2.75, 3.05) is 6.54 Å². The number of halogens is 2. The molecular formula is C17H14F2N2O3. The molecule has 0 aromatic heterocycles. The Hall–Kier alpha value is -2.98. The summed E-state index contributed by atoms with van der Waals surface area (Å²) < 4.78 is 28.6. The summed E-state index contributed by atoms with van der Waals surface area (Å²) in [6, 6.07) is 13.7. The molecule has 1 unspecified atom stereocenters. The first-order chi connectivity index (χ1) is 11.5. The lowest BCUT2D eigenvalue weighted by Gasteiger charge is -2.14. The molecule has 2 rings (SSSR count). The van der Waals surface area contributed by atoms with Crippen LogP contribution in [-0.4, -0.2) is 24.2 Å². The van der Waals surface area contributed by atoms with E-state index in [4.69, 9.17) is 5.26 Å². The molecule has 0 spiro atoms. The van der Waals surface area contributed by atoms with Gasteiger partial charge in [-0.05, 0) is 35.9 Å². The zero-order valence-corrected chi connectivity index (χ0v) is 12.4. The number of aliphatic hydroxyl groups excluding tert-OH is 1. The maximum absolute atomic E-state index is 12.2. The number of nitrogens with zero attached hydrogens (tertiary/aromatic N) is 1. The molecule has 2 N–H and O–H groups in total. The van der Waals surface area contributed by atoms with Crippen LogP contribution < -0.4 is 10.1 Å². The van der Waals surface area contributed by atoms with Gasteiger partial charge in [-0.15, -0.1) is 0 Å². The molecule has 2 aromatic rings. The Kier molecular flexibility index (Phi) is 5.82. The number of hydrogen-bond donors (Lipinski definition) is 2. The molecule has 0 saturated heterocycles. The van der Waals surface area contributed by atoms with Gasteiger partial charge in [0.2, 0.25) is 0 Å². The lowest BCUT2D eigenvalue weighted by molar-refractivity contribution is -0.0499. The number of amides is 1. The molecule has 24 heavy (non-hydrogen) atoms. The summed E-state index contributed by atoms with van der Waals surface area (Å²) in [5.74, 6) is -0.527. The maximum atomic E-state index is 12.2. The molecule has 0 aliphatic heterocycles. The lowest BCUT2D eigenvalue weighted by Crippen LogP contribution is -2.28. The van der Waals surface area contributed by atoms with Gasteiger partial charge in [-0.3, -0.25) is 4.79 Å². The predicted molar refractivity (Wildman–Crippen MR) is 81.5 cm³/mol. The van der Waals surface area contributed by atoms with Gasteiger partial charge in [-0.2, -0.15) is 14.0 Å². The number of aliphatic hydroxyl groups is 1. The lowest BCUT2D eigenvalue weighted by atomic mass is 10.1. The Balaban J connectivity index is 1.98. The first-order valence-electron chi connectivity index (χ1n) is 7.01. The fraction of sp³-hybridized carbons (Fsp3) is 0.176. The molecule has 124 valence electrons. The van der Waals surface area contributed by atoms with E-state index in [1.165, 1.54) is 30.3 Å². The first-order valence-corrected chi connectivity index (χ1v) is 7.01. The average molecular weight is 332 g/mol. The second-order valence-electron chi connectivity index (χ2n) is 4.87. The van der Waals surface area contributed by atoms with Gasteiger partial charge in [0.25, 0.3) is 5.91 Å². The molecule has 0 aliphatic rings. The molecule has 1 atom stereocenters. The summed E-state index contributed by atoms with van der Waals surface area (Å²) >= 11 is 0. The summed E-state index contributed by atoms with van der Waals surface area (Å²) in [6.07, 6.45) is -1.09.